The van der Waals surface area contributed by atoms with E-state index in [0.29, 0.717) is 0 Å². The van der Waals surface area contributed by atoms with Crippen molar-refractivity contribution in [2.75, 3.05) is 6.26 Å². The van der Waals surface area contributed by atoms with E-state index in [2.05, 4.69) is 23.4 Å². The maximum absolute atomic E-state index is 6.29. The Kier molecular flexibility index (Phi) is 3.82. The Hall–Kier alpha value is -1.32. The van der Waals surface area contributed by atoms with Gasteiger partial charge in [0.2, 0.25) is 0 Å². The van der Waals surface area contributed by atoms with Crippen LogP contribution in [0, 0.1) is 6.92 Å². The third-order valence-electron chi connectivity index (χ3n) is 2.77. The van der Waals surface area contributed by atoms with E-state index >= 15 is 0 Å². The van der Waals surface area contributed by atoms with Gasteiger partial charge in [-0.1, -0.05) is 24.3 Å². The third-order valence-corrected chi connectivity index (χ3v) is 3.58. The minimum absolute atomic E-state index is 0.105. The van der Waals surface area contributed by atoms with Crippen molar-refractivity contribution in [1.82, 2.24) is 4.98 Å². The molecule has 1 heterocycles. The molecule has 1 aromatic carbocycles. The fourth-order valence-electron chi connectivity index (χ4n) is 1.77. The fraction of sp³-hybridized carbons (Fsp3) is 0.214. The lowest BCUT2D eigenvalue weighted by molar-refractivity contribution is 0.839. The van der Waals surface area contributed by atoms with Gasteiger partial charge < -0.3 is 5.73 Å². The Labute approximate surface area is 106 Å². The molecule has 1 aromatic heterocycles. The quantitative estimate of drug-likeness (QED) is 0.843. The molecule has 0 aliphatic carbocycles. The maximum Gasteiger partial charge on any atom is 0.0578 e. The van der Waals surface area contributed by atoms with E-state index in [-0.39, 0.29) is 6.04 Å². The van der Waals surface area contributed by atoms with Crippen LogP contribution in [-0.2, 0) is 0 Å². The summed E-state index contributed by atoms with van der Waals surface area (Å²) in [6.45, 7) is 1.98. The number of nitrogens with zero attached hydrogens (tertiary/aromatic N) is 1. The Bertz CT molecular complexity index is 494. The highest BCUT2D eigenvalue weighted by Gasteiger charge is 2.12. The Morgan fingerprint density at radius 1 is 1.18 bits per heavy atom. The molecular formula is C14H16N2S. The highest BCUT2D eigenvalue weighted by Crippen LogP contribution is 2.28. The lowest BCUT2D eigenvalue weighted by Crippen LogP contribution is -2.13. The molecule has 17 heavy (non-hydrogen) atoms. The number of pyridine rings is 1. The van der Waals surface area contributed by atoms with Crippen molar-refractivity contribution in [2.24, 2.45) is 5.73 Å². The summed E-state index contributed by atoms with van der Waals surface area (Å²) in [5, 5.41) is 0. The van der Waals surface area contributed by atoms with Crippen molar-refractivity contribution in [3.8, 4) is 0 Å². The lowest BCUT2D eigenvalue weighted by atomic mass is 10.0. The standard InChI is InChI=1S/C14H16N2S/c1-10-7-8-11(9-16-10)14(15)12-5-3-4-6-13(12)17-2/h3-9,14H,15H2,1-2H3. The molecule has 2 aromatic rings. The Balaban J connectivity index is 2.36. The summed E-state index contributed by atoms with van der Waals surface area (Å²) in [5.74, 6) is 0. The zero-order valence-corrected chi connectivity index (χ0v) is 10.9. The molecule has 2 nitrogen and oxygen atoms in total. The van der Waals surface area contributed by atoms with Gasteiger partial charge >= 0.3 is 0 Å². The molecule has 0 radical (unpaired) electrons. The van der Waals surface area contributed by atoms with E-state index in [1.165, 1.54) is 4.90 Å². The summed E-state index contributed by atoms with van der Waals surface area (Å²) >= 11 is 1.72. The monoisotopic (exact) mass is 244 g/mol. The predicted molar refractivity (Wildman–Crippen MR) is 73.2 cm³/mol. The van der Waals surface area contributed by atoms with Crippen LogP contribution in [0.2, 0.25) is 0 Å². The normalized spacial score (nSPS) is 12.4. The van der Waals surface area contributed by atoms with E-state index in [9.17, 15) is 0 Å². The first-order valence-electron chi connectivity index (χ1n) is 5.53. The van der Waals surface area contributed by atoms with Crippen molar-refractivity contribution in [1.29, 1.82) is 0 Å². The van der Waals surface area contributed by atoms with Crippen LogP contribution in [0.1, 0.15) is 22.9 Å². The molecule has 0 aliphatic heterocycles. The predicted octanol–water partition coefficient (Wildman–Crippen LogP) is 3.16. The first-order chi connectivity index (χ1) is 8.22. The first-order valence-corrected chi connectivity index (χ1v) is 6.76. The summed E-state index contributed by atoms with van der Waals surface area (Å²) < 4.78 is 0. The van der Waals surface area contributed by atoms with Crippen molar-refractivity contribution in [2.45, 2.75) is 17.9 Å². The van der Waals surface area contributed by atoms with Gasteiger partial charge in [-0.3, -0.25) is 4.98 Å². The number of aryl methyl sites for hydroxylation is 1. The van der Waals surface area contributed by atoms with Gasteiger partial charge in [0.1, 0.15) is 0 Å². The average molecular weight is 244 g/mol. The van der Waals surface area contributed by atoms with Gasteiger partial charge in [0, 0.05) is 16.8 Å². The smallest absolute Gasteiger partial charge is 0.0578 e. The van der Waals surface area contributed by atoms with Crippen LogP contribution in [0.25, 0.3) is 0 Å². The molecular weight excluding hydrogens is 228 g/mol. The number of benzene rings is 1. The van der Waals surface area contributed by atoms with Crippen LogP contribution in [0.3, 0.4) is 0 Å². The highest BCUT2D eigenvalue weighted by atomic mass is 32.2. The second kappa shape index (κ2) is 5.34. The number of rotatable bonds is 3. The molecule has 2 N–H and O–H groups in total. The van der Waals surface area contributed by atoms with Crippen LogP contribution >= 0.6 is 11.8 Å². The fourth-order valence-corrected chi connectivity index (χ4v) is 2.41. The van der Waals surface area contributed by atoms with Crippen LogP contribution in [-0.4, -0.2) is 11.2 Å². The van der Waals surface area contributed by atoms with E-state index < -0.39 is 0 Å². The number of aromatic nitrogens is 1. The van der Waals surface area contributed by atoms with Crippen molar-refractivity contribution >= 4 is 11.8 Å². The van der Waals surface area contributed by atoms with E-state index in [4.69, 9.17) is 5.73 Å². The van der Waals surface area contributed by atoms with E-state index in [1.54, 1.807) is 11.8 Å². The second-order valence-electron chi connectivity index (χ2n) is 3.95. The number of thioether (sulfide) groups is 1. The molecule has 1 atom stereocenters. The van der Waals surface area contributed by atoms with Gasteiger partial charge in [-0.05, 0) is 36.4 Å². The zero-order valence-electron chi connectivity index (χ0n) is 10.1. The number of hydrogen-bond donors (Lipinski definition) is 1. The molecule has 3 heteroatoms. The van der Waals surface area contributed by atoms with Gasteiger partial charge in [0.25, 0.3) is 0 Å². The highest BCUT2D eigenvalue weighted by molar-refractivity contribution is 7.98. The van der Waals surface area contributed by atoms with Crippen molar-refractivity contribution < 1.29 is 0 Å². The summed E-state index contributed by atoms with van der Waals surface area (Å²) in [6, 6.07) is 12.2. The Morgan fingerprint density at radius 2 is 1.94 bits per heavy atom. The molecule has 2 rings (SSSR count). The van der Waals surface area contributed by atoms with Gasteiger partial charge in [-0.2, -0.15) is 0 Å². The molecule has 88 valence electrons. The molecule has 0 saturated carbocycles. The number of hydrogen-bond acceptors (Lipinski definition) is 3. The summed E-state index contributed by atoms with van der Waals surface area (Å²) in [7, 11) is 0. The van der Waals surface area contributed by atoms with Crippen LogP contribution in [0.15, 0.2) is 47.5 Å². The van der Waals surface area contributed by atoms with Crippen molar-refractivity contribution in [3.05, 3.63) is 59.4 Å². The molecule has 0 fully saturated rings. The zero-order chi connectivity index (χ0) is 12.3. The number of nitrogens with two attached hydrogens (primary N) is 1. The average Bonchev–Trinajstić information content (AvgIpc) is 2.39. The largest absolute Gasteiger partial charge is 0.320 e. The molecule has 0 bridgehead atoms. The van der Waals surface area contributed by atoms with Gasteiger partial charge in [-0.25, -0.2) is 0 Å². The summed E-state index contributed by atoms with van der Waals surface area (Å²) in [5.41, 5.74) is 9.51. The van der Waals surface area contributed by atoms with Gasteiger partial charge in [0.15, 0.2) is 0 Å². The minimum Gasteiger partial charge on any atom is -0.320 e. The first kappa shape index (κ1) is 12.1. The van der Waals surface area contributed by atoms with E-state index in [1.807, 2.05) is 37.4 Å². The molecule has 0 aliphatic rings. The van der Waals surface area contributed by atoms with Crippen LogP contribution in [0.4, 0.5) is 0 Å². The topological polar surface area (TPSA) is 38.9 Å². The summed E-state index contributed by atoms with van der Waals surface area (Å²) in [4.78, 5) is 5.52. The minimum atomic E-state index is -0.105. The van der Waals surface area contributed by atoms with Crippen molar-refractivity contribution in [3.63, 3.8) is 0 Å². The molecule has 0 amide bonds. The molecule has 0 saturated heterocycles. The van der Waals surface area contributed by atoms with Crippen LogP contribution in [0.5, 0.6) is 0 Å². The Morgan fingerprint density at radius 3 is 2.59 bits per heavy atom. The second-order valence-corrected chi connectivity index (χ2v) is 4.80. The lowest BCUT2D eigenvalue weighted by Gasteiger charge is -2.15. The van der Waals surface area contributed by atoms with E-state index in [0.717, 1.165) is 16.8 Å². The maximum atomic E-state index is 6.29. The third kappa shape index (κ3) is 2.68. The van der Waals surface area contributed by atoms with Gasteiger partial charge in [-0.15, -0.1) is 11.8 Å². The molecule has 0 spiro atoms. The van der Waals surface area contributed by atoms with Crippen LogP contribution < -0.4 is 5.73 Å². The SMILES string of the molecule is CSc1ccccc1C(N)c1ccc(C)nc1. The summed E-state index contributed by atoms with van der Waals surface area (Å²) in [6.07, 6.45) is 3.93. The van der Waals surface area contributed by atoms with Gasteiger partial charge in [0.05, 0.1) is 6.04 Å². The molecule has 1 unspecified atom stereocenters.